The highest BCUT2D eigenvalue weighted by Gasteiger charge is 2.37. The Bertz CT molecular complexity index is 326. The van der Waals surface area contributed by atoms with Gasteiger partial charge in [0.25, 0.3) is 0 Å². The molecule has 0 radical (unpaired) electrons. The van der Waals surface area contributed by atoms with Gasteiger partial charge in [0.05, 0.1) is 0 Å². The van der Waals surface area contributed by atoms with E-state index >= 15 is 0 Å². The van der Waals surface area contributed by atoms with Gasteiger partial charge < -0.3 is 11.1 Å². The number of nitrogens with two attached hydrogens (primary N) is 1. The molecule has 0 spiro atoms. The van der Waals surface area contributed by atoms with Gasteiger partial charge in [-0.3, -0.25) is 0 Å². The summed E-state index contributed by atoms with van der Waals surface area (Å²) >= 11 is 0. The highest BCUT2D eigenvalue weighted by atomic mass is 15.4. The summed E-state index contributed by atoms with van der Waals surface area (Å²) in [5.41, 5.74) is 5.87. The van der Waals surface area contributed by atoms with Gasteiger partial charge in [-0.2, -0.15) is 10.1 Å². The number of aromatic nitrogens is 3. The number of piperidine rings is 1. The number of aryl methyl sites for hydroxylation is 1. The fourth-order valence-corrected chi connectivity index (χ4v) is 2.58. The molecule has 1 fully saturated rings. The van der Waals surface area contributed by atoms with Crippen molar-refractivity contribution < 1.29 is 0 Å². The van der Waals surface area contributed by atoms with Crippen LogP contribution in [0.25, 0.3) is 0 Å². The van der Waals surface area contributed by atoms with Gasteiger partial charge in [-0.25, -0.2) is 4.68 Å². The third kappa shape index (κ3) is 1.91. The van der Waals surface area contributed by atoms with Crippen molar-refractivity contribution in [2.45, 2.75) is 38.0 Å². The van der Waals surface area contributed by atoms with E-state index in [1.807, 2.05) is 7.05 Å². The zero-order chi connectivity index (χ0) is 11.6. The van der Waals surface area contributed by atoms with Gasteiger partial charge in [0.2, 0.25) is 5.95 Å². The molecule has 0 aliphatic carbocycles. The van der Waals surface area contributed by atoms with Crippen LogP contribution in [0.15, 0.2) is 0 Å². The van der Waals surface area contributed by atoms with Crippen molar-refractivity contribution in [2.24, 2.45) is 7.05 Å². The molecule has 0 bridgehead atoms. The normalized spacial score (nSPS) is 25.9. The molecular weight excluding hydrogens is 202 g/mol. The topological polar surface area (TPSA) is 68.8 Å². The first-order valence-corrected chi connectivity index (χ1v) is 6.06. The Balaban J connectivity index is 2.30. The molecule has 2 rings (SSSR count). The molecule has 0 amide bonds. The van der Waals surface area contributed by atoms with E-state index in [-0.39, 0.29) is 5.41 Å². The van der Waals surface area contributed by atoms with E-state index in [9.17, 15) is 0 Å². The van der Waals surface area contributed by atoms with Crippen LogP contribution in [0.2, 0.25) is 0 Å². The van der Waals surface area contributed by atoms with Crippen molar-refractivity contribution in [3.8, 4) is 0 Å². The molecular formula is C11H21N5. The predicted octanol–water partition coefficient (Wildman–Crippen LogP) is 0.819. The zero-order valence-corrected chi connectivity index (χ0v) is 10.2. The Hall–Kier alpha value is -1.10. The van der Waals surface area contributed by atoms with Gasteiger partial charge in [-0.15, -0.1) is 0 Å². The lowest BCUT2D eigenvalue weighted by Crippen LogP contribution is -2.44. The molecule has 1 saturated heterocycles. The summed E-state index contributed by atoms with van der Waals surface area (Å²) in [6.07, 6.45) is 4.64. The first kappa shape index (κ1) is 11.4. The summed E-state index contributed by atoms with van der Waals surface area (Å²) in [4.78, 5) is 4.41. The first-order chi connectivity index (χ1) is 7.68. The fourth-order valence-electron chi connectivity index (χ4n) is 2.58. The monoisotopic (exact) mass is 223 g/mol. The number of nitrogen functional groups attached to an aromatic ring is 1. The Kier molecular flexibility index (Phi) is 3.14. The number of anilines is 1. The quantitative estimate of drug-likeness (QED) is 0.796. The molecule has 16 heavy (non-hydrogen) atoms. The summed E-state index contributed by atoms with van der Waals surface area (Å²) in [6.45, 7) is 4.29. The van der Waals surface area contributed by atoms with E-state index in [0.29, 0.717) is 5.95 Å². The second-order valence-electron chi connectivity index (χ2n) is 4.73. The number of nitrogens with zero attached hydrogens (tertiary/aromatic N) is 3. The Morgan fingerprint density at radius 3 is 2.88 bits per heavy atom. The fraction of sp³-hybridized carbons (Fsp3) is 0.818. The van der Waals surface area contributed by atoms with E-state index in [2.05, 4.69) is 22.3 Å². The minimum atomic E-state index is 0.0996. The van der Waals surface area contributed by atoms with Crippen molar-refractivity contribution in [3.05, 3.63) is 5.82 Å². The highest BCUT2D eigenvalue weighted by molar-refractivity contribution is 5.21. The summed E-state index contributed by atoms with van der Waals surface area (Å²) in [6, 6.07) is 0. The third-order valence-corrected chi connectivity index (χ3v) is 3.47. The van der Waals surface area contributed by atoms with Crippen molar-refractivity contribution in [1.29, 1.82) is 0 Å². The van der Waals surface area contributed by atoms with Gasteiger partial charge in [0.1, 0.15) is 0 Å². The summed E-state index contributed by atoms with van der Waals surface area (Å²) in [5.74, 6) is 1.43. The van der Waals surface area contributed by atoms with Crippen LogP contribution < -0.4 is 11.1 Å². The van der Waals surface area contributed by atoms with Crippen LogP contribution in [0.4, 0.5) is 5.95 Å². The maximum absolute atomic E-state index is 5.77. The average Bonchev–Trinajstić information content (AvgIpc) is 2.62. The largest absolute Gasteiger partial charge is 0.368 e. The van der Waals surface area contributed by atoms with Crippen molar-refractivity contribution in [1.82, 2.24) is 20.1 Å². The molecule has 1 unspecified atom stereocenters. The molecule has 1 aliphatic rings. The van der Waals surface area contributed by atoms with Gasteiger partial charge in [0.15, 0.2) is 5.82 Å². The molecule has 90 valence electrons. The van der Waals surface area contributed by atoms with Gasteiger partial charge in [-0.1, -0.05) is 13.3 Å². The maximum Gasteiger partial charge on any atom is 0.218 e. The first-order valence-electron chi connectivity index (χ1n) is 6.06. The molecule has 0 aromatic carbocycles. The number of hydrogen-bond acceptors (Lipinski definition) is 4. The SMILES string of the molecule is CCCC1(c2nc(N)n(C)n2)CCCNC1. The van der Waals surface area contributed by atoms with E-state index in [4.69, 9.17) is 5.73 Å². The predicted molar refractivity (Wildman–Crippen MR) is 64.1 cm³/mol. The van der Waals surface area contributed by atoms with Crippen molar-refractivity contribution in [2.75, 3.05) is 18.8 Å². The standard InChI is InChI=1S/C11H21N5/c1-3-5-11(6-4-7-13-8-11)9-14-10(12)16(2)15-9/h13H,3-8H2,1-2H3,(H2,12,14,15). The lowest BCUT2D eigenvalue weighted by Gasteiger charge is -2.35. The smallest absolute Gasteiger partial charge is 0.218 e. The molecule has 1 aliphatic heterocycles. The second kappa shape index (κ2) is 4.41. The highest BCUT2D eigenvalue weighted by Crippen LogP contribution is 2.33. The minimum Gasteiger partial charge on any atom is -0.368 e. The molecule has 2 heterocycles. The van der Waals surface area contributed by atoms with E-state index in [1.54, 1.807) is 4.68 Å². The van der Waals surface area contributed by atoms with E-state index in [0.717, 1.165) is 38.2 Å². The van der Waals surface area contributed by atoms with Gasteiger partial charge in [-0.05, 0) is 25.8 Å². The number of rotatable bonds is 3. The molecule has 1 atom stereocenters. The van der Waals surface area contributed by atoms with Crippen molar-refractivity contribution >= 4 is 5.95 Å². The van der Waals surface area contributed by atoms with E-state index in [1.165, 1.54) is 6.42 Å². The molecule has 1 aromatic rings. The van der Waals surface area contributed by atoms with Crippen LogP contribution in [0, 0.1) is 0 Å². The minimum absolute atomic E-state index is 0.0996. The van der Waals surface area contributed by atoms with Crippen LogP contribution in [0.3, 0.4) is 0 Å². The number of nitrogens with one attached hydrogen (secondary N) is 1. The Labute approximate surface area is 96.4 Å². The van der Waals surface area contributed by atoms with Crippen LogP contribution in [-0.4, -0.2) is 27.9 Å². The summed E-state index contributed by atoms with van der Waals surface area (Å²) in [5, 5.41) is 7.92. The molecule has 1 aromatic heterocycles. The van der Waals surface area contributed by atoms with Crippen LogP contribution in [-0.2, 0) is 12.5 Å². The third-order valence-electron chi connectivity index (χ3n) is 3.47. The van der Waals surface area contributed by atoms with Crippen LogP contribution in [0.1, 0.15) is 38.4 Å². The molecule has 5 heteroatoms. The summed E-state index contributed by atoms with van der Waals surface area (Å²) < 4.78 is 1.67. The Morgan fingerprint density at radius 2 is 2.38 bits per heavy atom. The van der Waals surface area contributed by atoms with E-state index < -0.39 is 0 Å². The maximum atomic E-state index is 5.77. The van der Waals surface area contributed by atoms with Gasteiger partial charge in [0, 0.05) is 19.0 Å². The second-order valence-corrected chi connectivity index (χ2v) is 4.73. The van der Waals surface area contributed by atoms with Crippen LogP contribution in [0.5, 0.6) is 0 Å². The molecule has 0 saturated carbocycles. The van der Waals surface area contributed by atoms with Crippen LogP contribution >= 0.6 is 0 Å². The molecule has 5 nitrogen and oxygen atoms in total. The lowest BCUT2D eigenvalue weighted by molar-refractivity contribution is 0.275. The lowest BCUT2D eigenvalue weighted by atomic mass is 9.76. The molecule has 3 N–H and O–H groups in total. The van der Waals surface area contributed by atoms with Gasteiger partial charge >= 0.3 is 0 Å². The number of hydrogen-bond donors (Lipinski definition) is 2. The summed E-state index contributed by atoms with van der Waals surface area (Å²) in [7, 11) is 1.85. The zero-order valence-electron chi connectivity index (χ0n) is 10.2. The Morgan fingerprint density at radius 1 is 1.56 bits per heavy atom. The van der Waals surface area contributed by atoms with Crippen molar-refractivity contribution in [3.63, 3.8) is 0 Å². The average molecular weight is 223 g/mol.